The number of hydrogen-bond acceptors (Lipinski definition) is 2. The highest BCUT2D eigenvalue weighted by atomic mass is 35.5. The van der Waals surface area contributed by atoms with Crippen LogP contribution in [0.2, 0.25) is 5.15 Å². The van der Waals surface area contributed by atoms with Crippen molar-refractivity contribution in [3.63, 3.8) is 0 Å². The number of rotatable bonds is 2. The Labute approximate surface area is 71.4 Å². The number of aryl methyl sites for hydroxylation is 1. The number of nitrogens with zero attached hydrogens (tertiary/aromatic N) is 1. The van der Waals surface area contributed by atoms with Crippen LogP contribution < -0.4 is 5.73 Å². The molecular formula is C8H11ClN2. The molecule has 2 N–H and O–H groups in total. The van der Waals surface area contributed by atoms with Gasteiger partial charge in [0.15, 0.2) is 0 Å². The van der Waals surface area contributed by atoms with E-state index in [9.17, 15) is 0 Å². The highest BCUT2D eigenvalue weighted by molar-refractivity contribution is 6.29. The molecule has 1 aromatic heterocycles. The van der Waals surface area contributed by atoms with Gasteiger partial charge in [-0.1, -0.05) is 24.9 Å². The zero-order chi connectivity index (χ0) is 8.27. The SMILES string of the molecule is CCCc1cc(N)nc(Cl)c1. The van der Waals surface area contributed by atoms with E-state index in [1.165, 1.54) is 0 Å². The lowest BCUT2D eigenvalue weighted by Crippen LogP contribution is -1.93. The van der Waals surface area contributed by atoms with E-state index < -0.39 is 0 Å². The quantitative estimate of drug-likeness (QED) is 0.692. The Bertz CT molecular complexity index is 228. The topological polar surface area (TPSA) is 38.9 Å². The number of pyridine rings is 1. The summed E-state index contributed by atoms with van der Waals surface area (Å²) in [5, 5.41) is 0.480. The maximum Gasteiger partial charge on any atom is 0.131 e. The first-order valence-corrected chi connectivity index (χ1v) is 4.02. The van der Waals surface area contributed by atoms with E-state index in [1.807, 2.05) is 12.1 Å². The smallest absolute Gasteiger partial charge is 0.131 e. The summed E-state index contributed by atoms with van der Waals surface area (Å²) in [7, 11) is 0. The Morgan fingerprint density at radius 3 is 2.82 bits per heavy atom. The van der Waals surface area contributed by atoms with Gasteiger partial charge in [-0.2, -0.15) is 0 Å². The first-order chi connectivity index (χ1) is 5.22. The van der Waals surface area contributed by atoms with Gasteiger partial charge in [0.05, 0.1) is 0 Å². The van der Waals surface area contributed by atoms with Gasteiger partial charge < -0.3 is 5.73 Å². The fourth-order valence-electron chi connectivity index (χ4n) is 1.01. The lowest BCUT2D eigenvalue weighted by atomic mass is 10.1. The standard InChI is InChI=1S/C8H11ClN2/c1-2-3-6-4-7(9)11-8(10)5-6/h4-5H,2-3H2,1H3,(H2,10,11). The molecule has 0 saturated heterocycles. The molecule has 11 heavy (non-hydrogen) atoms. The Hall–Kier alpha value is -0.760. The van der Waals surface area contributed by atoms with Crippen LogP contribution in [0.15, 0.2) is 12.1 Å². The van der Waals surface area contributed by atoms with Gasteiger partial charge in [-0.3, -0.25) is 0 Å². The molecule has 3 heteroatoms. The van der Waals surface area contributed by atoms with Crippen LogP contribution in [0.4, 0.5) is 5.82 Å². The van der Waals surface area contributed by atoms with Gasteiger partial charge in [0, 0.05) is 0 Å². The summed E-state index contributed by atoms with van der Waals surface area (Å²) in [6, 6.07) is 3.71. The van der Waals surface area contributed by atoms with Crippen LogP contribution in [-0.4, -0.2) is 4.98 Å². The number of nitrogens with two attached hydrogens (primary N) is 1. The highest BCUT2D eigenvalue weighted by Crippen LogP contribution is 2.13. The molecule has 2 nitrogen and oxygen atoms in total. The first-order valence-electron chi connectivity index (χ1n) is 3.64. The average molecular weight is 171 g/mol. The first kappa shape index (κ1) is 8.34. The van der Waals surface area contributed by atoms with E-state index in [1.54, 1.807) is 0 Å². The van der Waals surface area contributed by atoms with Crippen LogP contribution in [0, 0.1) is 0 Å². The highest BCUT2D eigenvalue weighted by Gasteiger charge is 1.96. The van der Waals surface area contributed by atoms with Crippen molar-refractivity contribution in [3.8, 4) is 0 Å². The molecule has 1 aromatic rings. The Morgan fingerprint density at radius 2 is 2.27 bits per heavy atom. The summed E-state index contributed by atoms with van der Waals surface area (Å²) in [4.78, 5) is 3.86. The summed E-state index contributed by atoms with van der Waals surface area (Å²) >= 11 is 5.69. The molecule has 1 rings (SSSR count). The summed E-state index contributed by atoms with van der Waals surface area (Å²) < 4.78 is 0. The number of anilines is 1. The lowest BCUT2D eigenvalue weighted by Gasteiger charge is -1.99. The molecule has 0 saturated carbocycles. The van der Waals surface area contributed by atoms with E-state index in [4.69, 9.17) is 17.3 Å². The Kier molecular flexibility index (Phi) is 2.71. The van der Waals surface area contributed by atoms with Crippen LogP contribution in [0.1, 0.15) is 18.9 Å². The van der Waals surface area contributed by atoms with Gasteiger partial charge in [-0.25, -0.2) is 4.98 Å². The maximum atomic E-state index is 5.69. The lowest BCUT2D eigenvalue weighted by molar-refractivity contribution is 0.919. The van der Waals surface area contributed by atoms with E-state index >= 15 is 0 Å². The Morgan fingerprint density at radius 1 is 1.55 bits per heavy atom. The van der Waals surface area contributed by atoms with Crippen molar-refractivity contribution in [1.82, 2.24) is 4.98 Å². The fraction of sp³-hybridized carbons (Fsp3) is 0.375. The number of aromatic nitrogens is 1. The van der Waals surface area contributed by atoms with Gasteiger partial charge in [0.1, 0.15) is 11.0 Å². The number of halogens is 1. The van der Waals surface area contributed by atoms with Crippen LogP contribution >= 0.6 is 11.6 Å². The van der Waals surface area contributed by atoms with Crippen LogP contribution in [0.3, 0.4) is 0 Å². The van der Waals surface area contributed by atoms with Gasteiger partial charge in [0.25, 0.3) is 0 Å². The van der Waals surface area contributed by atoms with Gasteiger partial charge in [0.2, 0.25) is 0 Å². The molecule has 0 fully saturated rings. The molecule has 0 amide bonds. The van der Waals surface area contributed by atoms with Crippen molar-refractivity contribution in [3.05, 3.63) is 22.8 Å². The van der Waals surface area contributed by atoms with Crippen molar-refractivity contribution >= 4 is 17.4 Å². The van der Waals surface area contributed by atoms with Crippen molar-refractivity contribution < 1.29 is 0 Å². The second kappa shape index (κ2) is 3.58. The third-order valence-corrected chi connectivity index (χ3v) is 1.61. The molecule has 60 valence electrons. The van der Waals surface area contributed by atoms with Crippen molar-refractivity contribution in [1.29, 1.82) is 0 Å². The molecule has 1 heterocycles. The summed E-state index contributed by atoms with van der Waals surface area (Å²) in [5.74, 6) is 0.501. The number of hydrogen-bond donors (Lipinski definition) is 1. The molecule has 0 spiro atoms. The third kappa shape index (κ3) is 2.39. The van der Waals surface area contributed by atoms with E-state index in [2.05, 4.69) is 11.9 Å². The van der Waals surface area contributed by atoms with Crippen molar-refractivity contribution in [2.24, 2.45) is 0 Å². The minimum absolute atomic E-state index is 0.480. The minimum atomic E-state index is 0.480. The zero-order valence-electron chi connectivity index (χ0n) is 6.47. The van der Waals surface area contributed by atoms with Crippen LogP contribution in [-0.2, 0) is 6.42 Å². The van der Waals surface area contributed by atoms with E-state index in [0.29, 0.717) is 11.0 Å². The molecule has 0 aromatic carbocycles. The molecule has 0 radical (unpaired) electrons. The molecule has 0 atom stereocenters. The molecule has 0 aliphatic heterocycles. The van der Waals surface area contributed by atoms with E-state index in [0.717, 1.165) is 18.4 Å². The average Bonchev–Trinajstić information content (AvgIpc) is 1.85. The summed E-state index contributed by atoms with van der Waals surface area (Å²) in [6.07, 6.45) is 2.10. The second-order valence-corrected chi connectivity index (χ2v) is 2.86. The van der Waals surface area contributed by atoms with Crippen LogP contribution in [0.5, 0.6) is 0 Å². The van der Waals surface area contributed by atoms with Gasteiger partial charge in [-0.15, -0.1) is 0 Å². The zero-order valence-corrected chi connectivity index (χ0v) is 7.23. The van der Waals surface area contributed by atoms with Crippen molar-refractivity contribution in [2.75, 3.05) is 5.73 Å². The summed E-state index contributed by atoms with van der Waals surface area (Å²) in [6.45, 7) is 2.12. The molecular weight excluding hydrogens is 160 g/mol. The largest absolute Gasteiger partial charge is 0.384 e. The van der Waals surface area contributed by atoms with Crippen LogP contribution in [0.25, 0.3) is 0 Å². The van der Waals surface area contributed by atoms with Crippen molar-refractivity contribution in [2.45, 2.75) is 19.8 Å². The summed E-state index contributed by atoms with van der Waals surface area (Å²) in [5.41, 5.74) is 6.65. The molecule has 0 aliphatic carbocycles. The predicted molar refractivity (Wildman–Crippen MR) is 47.7 cm³/mol. The Balaban J connectivity index is 2.89. The fourth-order valence-corrected chi connectivity index (χ4v) is 1.24. The predicted octanol–water partition coefficient (Wildman–Crippen LogP) is 2.27. The number of nitrogen functional groups attached to an aromatic ring is 1. The normalized spacial score (nSPS) is 10.0. The second-order valence-electron chi connectivity index (χ2n) is 2.47. The monoisotopic (exact) mass is 170 g/mol. The molecule has 0 unspecified atom stereocenters. The molecule has 0 aliphatic rings. The molecule has 0 bridgehead atoms. The maximum absolute atomic E-state index is 5.69. The van der Waals surface area contributed by atoms with Gasteiger partial charge in [-0.05, 0) is 24.1 Å². The van der Waals surface area contributed by atoms with E-state index in [-0.39, 0.29) is 0 Å². The van der Waals surface area contributed by atoms with Gasteiger partial charge >= 0.3 is 0 Å². The minimum Gasteiger partial charge on any atom is -0.384 e. The third-order valence-electron chi connectivity index (χ3n) is 1.41.